The quantitative estimate of drug-likeness (QED) is 0.357. The van der Waals surface area contributed by atoms with Crippen LogP contribution in [-0.4, -0.2) is 20.1 Å². The Morgan fingerprint density at radius 1 is 0.941 bits per heavy atom. The first-order chi connectivity index (χ1) is 16.3. The van der Waals surface area contributed by atoms with Gasteiger partial charge in [-0.1, -0.05) is 49.4 Å². The maximum Gasteiger partial charge on any atom is 0.341 e. The number of hydrogen-bond acceptors (Lipinski definition) is 6. The average molecular weight is 486 g/mol. The monoisotopic (exact) mass is 485 g/mol. The Hall–Kier alpha value is -3.77. The fourth-order valence-electron chi connectivity index (χ4n) is 3.28. The lowest BCUT2D eigenvalue weighted by Gasteiger charge is -2.18. The van der Waals surface area contributed by atoms with Crippen LogP contribution in [0.1, 0.15) is 36.5 Å². The van der Waals surface area contributed by atoms with Crippen LogP contribution in [0.25, 0.3) is 0 Å². The van der Waals surface area contributed by atoms with Crippen molar-refractivity contribution in [2.24, 2.45) is 0 Å². The SMILES string of the molecule is CCC(C(=O)OC(C#N)c1cccc(Oc2ccccc2)c1)c1cccc(S(=O)(=O)C(F)F)c1. The van der Waals surface area contributed by atoms with Gasteiger partial charge in [-0.25, -0.2) is 8.42 Å². The van der Waals surface area contributed by atoms with Crippen LogP contribution in [0, 0.1) is 11.3 Å². The van der Waals surface area contributed by atoms with E-state index in [1.54, 1.807) is 43.3 Å². The van der Waals surface area contributed by atoms with Crippen molar-refractivity contribution in [3.8, 4) is 17.6 Å². The van der Waals surface area contributed by atoms with Crippen LogP contribution in [0.2, 0.25) is 0 Å². The van der Waals surface area contributed by atoms with Crippen molar-refractivity contribution in [1.29, 1.82) is 5.26 Å². The van der Waals surface area contributed by atoms with Gasteiger partial charge in [0.2, 0.25) is 15.9 Å². The van der Waals surface area contributed by atoms with Crippen LogP contribution in [0.5, 0.6) is 11.5 Å². The molecule has 2 unspecified atom stereocenters. The number of nitrogens with zero attached hydrogens (tertiary/aromatic N) is 1. The highest BCUT2D eigenvalue weighted by atomic mass is 32.2. The average Bonchev–Trinajstić information content (AvgIpc) is 2.84. The Balaban J connectivity index is 1.81. The molecule has 2 atom stereocenters. The molecule has 0 aliphatic carbocycles. The molecule has 3 aromatic rings. The number of benzene rings is 3. The highest BCUT2D eigenvalue weighted by Crippen LogP contribution is 2.30. The maximum absolute atomic E-state index is 12.9. The van der Waals surface area contributed by atoms with Crippen LogP contribution < -0.4 is 4.74 Å². The molecule has 0 aromatic heterocycles. The lowest BCUT2D eigenvalue weighted by molar-refractivity contribution is -0.148. The summed E-state index contributed by atoms with van der Waals surface area (Å²) in [7, 11) is -4.82. The number of halogens is 2. The maximum atomic E-state index is 12.9. The number of hydrogen-bond donors (Lipinski definition) is 0. The van der Waals surface area contributed by atoms with Gasteiger partial charge in [-0.15, -0.1) is 0 Å². The topological polar surface area (TPSA) is 93.5 Å². The van der Waals surface area contributed by atoms with Crippen LogP contribution in [0.4, 0.5) is 8.78 Å². The first-order valence-corrected chi connectivity index (χ1v) is 11.9. The molecular formula is C25H21F2NO5S. The Labute approximate surface area is 196 Å². The van der Waals surface area contributed by atoms with Crippen LogP contribution in [0.15, 0.2) is 83.8 Å². The van der Waals surface area contributed by atoms with Crippen LogP contribution in [0.3, 0.4) is 0 Å². The molecule has 6 nitrogen and oxygen atoms in total. The second kappa shape index (κ2) is 10.9. The summed E-state index contributed by atoms with van der Waals surface area (Å²) in [5.74, 6) is -4.28. The molecule has 34 heavy (non-hydrogen) atoms. The molecule has 0 radical (unpaired) electrons. The third kappa shape index (κ3) is 5.77. The molecular weight excluding hydrogens is 464 g/mol. The summed E-state index contributed by atoms with van der Waals surface area (Å²) in [6.07, 6.45) is -1.05. The second-order valence-electron chi connectivity index (χ2n) is 7.27. The van der Waals surface area contributed by atoms with Crippen molar-refractivity contribution in [3.63, 3.8) is 0 Å². The number of rotatable bonds is 9. The van der Waals surface area contributed by atoms with Gasteiger partial charge in [0.1, 0.15) is 17.6 Å². The Morgan fingerprint density at radius 2 is 1.59 bits per heavy atom. The van der Waals surface area contributed by atoms with E-state index in [9.17, 15) is 27.3 Å². The van der Waals surface area contributed by atoms with Gasteiger partial charge in [0.15, 0.2) is 0 Å². The fraction of sp³-hybridized carbons (Fsp3) is 0.200. The van der Waals surface area contributed by atoms with Crippen molar-refractivity contribution in [1.82, 2.24) is 0 Å². The minimum atomic E-state index is -4.82. The Kier molecular flexibility index (Phi) is 7.97. The van der Waals surface area contributed by atoms with Gasteiger partial charge in [0.25, 0.3) is 0 Å². The molecule has 0 heterocycles. The number of alkyl halides is 2. The van der Waals surface area contributed by atoms with Gasteiger partial charge in [0.05, 0.1) is 10.8 Å². The third-order valence-electron chi connectivity index (χ3n) is 5.01. The molecule has 9 heteroatoms. The fourth-order valence-corrected chi connectivity index (χ4v) is 4.06. The summed E-state index contributed by atoms with van der Waals surface area (Å²) < 4.78 is 60.6. The predicted molar refractivity (Wildman–Crippen MR) is 120 cm³/mol. The number of carbonyl (C=O) groups excluding carboxylic acids is 1. The van der Waals surface area contributed by atoms with Gasteiger partial charge in [-0.2, -0.15) is 14.0 Å². The summed E-state index contributed by atoms with van der Waals surface area (Å²) in [6, 6.07) is 22.3. The molecule has 3 aromatic carbocycles. The number of ether oxygens (including phenoxy) is 2. The lowest BCUT2D eigenvalue weighted by Crippen LogP contribution is -2.19. The minimum absolute atomic E-state index is 0.201. The smallest absolute Gasteiger partial charge is 0.341 e. The standard InChI is InChI=1S/C25H21F2NO5S/c1-2-22(17-8-7-13-21(15-17)34(30,31)25(26)27)24(29)33-23(16-28)18-9-6-12-20(14-18)32-19-10-4-3-5-11-19/h3-15,22-23,25H,2H2,1H3. The second-order valence-corrected chi connectivity index (χ2v) is 9.19. The van der Waals surface area contributed by atoms with Crippen molar-refractivity contribution >= 4 is 15.8 Å². The number of esters is 1. The van der Waals surface area contributed by atoms with Gasteiger partial charge < -0.3 is 9.47 Å². The molecule has 0 saturated carbocycles. The third-order valence-corrected chi connectivity index (χ3v) is 6.39. The van der Waals surface area contributed by atoms with Crippen LogP contribution >= 0.6 is 0 Å². The van der Waals surface area contributed by atoms with E-state index in [2.05, 4.69) is 0 Å². The Morgan fingerprint density at radius 3 is 2.24 bits per heavy atom. The molecule has 0 N–H and O–H groups in total. The van der Waals surface area contributed by atoms with Gasteiger partial charge in [0, 0.05) is 5.56 Å². The molecule has 0 bridgehead atoms. The van der Waals surface area contributed by atoms with Crippen molar-refractivity contribution < 1.29 is 31.5 Å². The van der Waals surface area contributed by atoms with E-state index in [0.717, 1.165) is 12.1 Å². The molecule has 176 valence electrons. The highest BCUT2D eigenvalue weighted by molar-refractivity contribution is 7.91. The zero-order valence-electron chi connectivity index (χ0n) is 18.1. The highest BCUT2D eigenvalue weighted by Gasteiger charge is 2.29. The van der Waals surface area contributed by atoms with E-state index < -0.39 is 38.5 Å². The van der Waals surface area contributed by atoms with E-state index in [-0.39, 0.29) is 12.0 Å². The van der Waals surface area contributed by atoms with Crippen molar-refractivity contribution in [2.45, 2.75) is 36.0 Å². The van der Waals surface area contributed by atoms with Crippen LogP contribution in [-0.2, 0) is 19.4 Å². The zero-order valence-corrected chi connectivity index (χ0v) is 18.9. The summed E-state index contributed by atoms with van der Waals surface area (Å²) in [5, 5.41) is 9.62. The Bertz CT molecular complexity index is 1290. The molecule has 0 fully saturated rings. The molecule has 0 aliphatic rings. The lowest BCUT2D eigenvalue weighted by atomic mass is 9.96. The summed E-state index contributed by atoms with van der Waals surface area (Å²) >= 11 is 0. The van der Waals surface area contributed by atoms with E-state index in [4.69, 9.17) is 9.47 Å². The zero-order chi connectivity index (χ0) is 24.7. The number of nitriles is 1. The number of carbonyl (C=O) groups is 1. The summed E-state index contributed by atoms with van der Waals surface area (Å²) in [5.41, 5.74) is 0.584. The summed E-state index contributed by atoms with van der Waals surface area (Å²) in [6.45, 7) is 1.66. The molecule has 0 spiro atoms. The molecule has 0 saturated heterocycles. The minimum Gasteiger partial charge on any atom is -0.457 e. The van der Waals surface area contributed by atoms with Crippen molar-refractivity contribution in [2.75, 3.05) is 0 Å². The number of sulfone groups is 1. The molecule has 0 aliphatic heterocycles. The first kappa shape index (κ1) is 24.9. The number of para-hydroxylation sites is 1. The van der Waals surface area contributed by atoms with Crippen molar-refractivity contribution in [3.05, 3.63) is 90.0 Å². The van der Waals surface area contributed by atoms with E-state index in [1.807, 2.05) is 24.3 Å². The van der Waals surface area contributed by atoms with Gasteiger partial charge in [-0.3, -0.25) is 4.79 Å². The van der Waals surface area contributed by atoms with E-state index in [0.29, 0.717) is 17.1 Å². The summed E-state index contributed by atoms with van der Waals surface area (Å²) in [4.78, 5) is 12.3. The van der Waals surface area contributed by atoms with E-state index in [1.165, 1.54) is 12.1 Å². The largest absolute Gasteiger partial charge is 0.457 e. The molecule has 0 amide bonds. The van der Waals surface area contributed by atoms with Gasteiger partial charge >= 0.3 is 11.7 Å². The van der Waals surface area contributed by atoms with Gasteiger partial charge in [-0.05, 0) is 48.4 Å². The first-order valence-electron chi connectivity index (χ1n) is 10.3. The molecule has 3 rings (SSSR count). The predicted octanol–water partition coefficient (Wildman–Crippen LogP) is 5.78. The van der Waals surface area contributed by atoms with E-state index >= 15 is 0 Å². The normalized spacial score (nSPS) is 13.0.